The molecule has 5 N–H and O–H groups in total. The van der Waals surface area contributed by atoms with Crippen LogP contribution in [0, 0.1) is 5.92 Å². The number of ether oxygens (including phenoxy) is 1. The second-order valence-electron chi connectivity index (χ2n) is 6.70. The number of nitrogens with zero attached hydrogens (tertiary/aromatic N) is 2. The molecule has 0 aliphatic heterocycles. The van der Waals surface area contributed by atoms with Gasteiger partial charge in [-0.1, -0.05) is 6.92 Å². The van der Waals surface area contributed by atoms with Crippen LogP contribution in [-0.2, 0) is 13.0 Å². The second-order valence-corrected chi connectivity index (χ2v) is 7.49. The fourth-order valence-electron chi connectivity index (χ4n) is 2.82. The summed E-state index contributed by atoms with van der Waals surface area (Å²) in [6.45, 7) is 3.61. The Labute approximate surface area is 163 Å². The smallest absolute Gasteiger partial charge is 0.223 e. The van der Waals surface area contributed by atoms with Gasteiger partial charge in [0.1, 0.15) is 5.75 Å². The number of nitrogens with one attached hydrogen (secondary N) is 1. The van der Waals surface area contributed by atoms with Gasteiger partial charge >= 0.3 is 0 Å². The number of hydrogen-bond acceptors (Lipinski definition) is 6. The molecule has 2 aromatic rings. The molecule has 1 aliphatic carbocycles. The zero-order valence-electron chi connectivity index (χ0n) is 15.3. The van der Waals surface area contributed by atoms with Gasteiger partial charge in [-0.15, -0.1) is 0 Å². The predicted molar refractivity (Wildman–Crippen MR) is 109 cm³/mol. The molecule has 7 heteroatoms. The van der Waals surface area contributed by atoms with E-state index in [1.165, 1.54) is 18.4 Å². The maximum absolute atomic E-state index is 6.30. The molecule has 0 amide bonds. The van der Waals surface area contributed by atoms with Crippen LogP contribution < -0.4 is 26.6 Å². The molecule has 1 heterocycles. The summed E-state index contributed by atoms with van der Waals surface area (Å²) >= 11 is 3.55. The van der Waals surface area contributed by atoms with Crippen molar-refractivity contribution in [3.05, 3.63) is 40.0 Å². The first-order valence-electron chi connectivity index (χ1n) is 8.93. The SMILES string of the molecule is CCc1cnc(Oc2ccc(N(N)CC3CC3)c(N)c2Br)c(CNC)c1. The first-order valence-corrected chi connectivity index (χ1v) is 9.73. The molecule has 0 bridgehead atoms. The van der Waals surface area contributed by atoms with Crippen LogP contribution in [0.3, 0.4) is 0 Å². The lowest BCUT2D eigenvalue weighted by molar-refractivity contribution is 0.451. The second kappa shape index (κ2) is 8.24. The highest BCUT2D eigenvalue weighted by atomic mass is 79.9. The molecule has 140 valence electrons. The largest absolute Gasteiger partial charge is 0.437 e. The molecule has 1 aliphatic rings. The molecular weight excluding hydrogens is 394 g/mol. The van der Waals surface area contributed by atoms with Gasteiger partial charge in [0.2, 0.25) is 5.88 Å². The van der Waals surface area contributed by atoms with E-state index < -0.39 is 0 Å². The minimum absolute atomic E-state index is 0.575. The standard InChI is InChI=1S/C19H26BrN5O/c1-3-12-8-14(10-23-2)19(24-9-12)26-16-7-6-15(18(21)17(16)20)25(22)11-13-4-5-13/h6-9,13,23H,3-5,10-11,21-22H2,1-2H3. The van der Waals surface area contributed by atoms with Crippen molar-refractivity contribution in [1.29, 1.82) is 0 Å². The van der Waals surface area contributed by atoms with Crippen molar-refractivity contribution < 1.29 is 4.74 Å². The number of nitrogen functional groups attached to an aromatic ring is 1. The van der Waals surface area contributed by atoms with Gasteiger partial charge in [0.05, 0.1) is 15.8 Å². The van der Waals surface area contributed by atoms with Crippen molar-refractivity contribution in [2.45, 2.75) is 32.7 Å². The number of hydrazine groups is 1. The summed E-state index contributed by atoms with van der Waals surface area (Å²) in [5.41, 5.74) is 9.86. The first-order chi connectivity index (χ1) is 12.5. The molecular formula is C19H26BrN5O. The highest BCUT2D eigenvalue weighted by molar-refractivity contribution is 9.10. The molecule has 6 nitrogen and oxygen atoms in total. The molecule has 1 fully saturated rings. The van der Waals surface area contributed by atoms with Gasteiger partial charge in [0.15, 0.2) is 0 Å². The molecule has 1 aromatic carbocycles. The van der Waals surface area contributed by atoms with E-state index in [1.807, 2.05) is 25.4 Å². The van der Waals surface area contributed by atoms with Crippen LogP contribution in [-0.4, -0.2) is 18.6 Å². The molecule has 1 aromatic heterocycles. The van der Waals surface area contributed by atoms with Crippen LogP contribution in [0.5, 0.6) is 11.6 Å². The summed E-state index contributed by atoms with van der Waals surface area (Å²) in [5.74, 6) is 8.06. The van der Waals surface area contributed by atoms with Crippen molar-refractivity contribution in [3.63, 3.8) is 0 Å². The predicted octanol–water partition coefficient (Wildman–Crippen LogP) is 3.59. The van der Waals surface area contributed by atoms with Crippen LogP contribution in [0.1, 0.15) is 30.9 Å². The number of pyridine rings is 1. The third kappa shape index (κ3) is 4.28. The van der Waals surface area contributed by atoms with Crippen LogP contribution >= 0.6 is 15.9 Å². The Bertz CT molecular complexity index is 779. The minimum atomic E-state index is 0.575. The number of halogens is 1. The number of nitrogens with two attached hydrogens (primary N) is 2. The normalized spacial score (nSPS) is 13.7. The zero-order chi connectivity index (χ0) is 18.7. The molecule has 1 saturated carbocycles. The third-order valence-electron chi connectivity index (χ3n) is 4.55. The topological polar surface area (TPSA) is 89.4 Å². The summed E-state index contributed by atoms with van der Waals surface area (Å²) < 4.78 is 6.76. The van der Waals surface area contributed by atoms with Gasteiger partial charge in [-0.3, -0.25) is 0 Å². The monoisotopic (exact) mass is 419 g/mol. The molecule has 0 unspecified atom stereocenters. The first kappa shape index (κ1) is 18.9. The van der Waals surface area contributed by atoms with Crippen LogP contribution in [0.25, 0.3) is 0 Å². The lowest BCUT2D eigenvalue weighted by atomic mass is 10.1. The Kier molecular flexibility index (Phi) is 6.01. The van der Waals surface area contributed by atoms with Crippen LogP contribution in [0.15, 0.2) is 28.9 Å². The van der Waals surface area contributed by atoms with E-state index in [0.29, 0.717) is 34.3 Å². The lowest BCUT2D eigenvalue weighted by Gasteiger charge is -2.22. The number of aryl methyl sites for hydroxylation is 1. The van der Waals surface area contributed by atoms with Gasteiger partial charge in [0.25, 0.3) is 0 Å². The number of aromatic nitrogens is 1. The number of benzene rings is 1. The number of anilines is 2. The third-order valence-corrected chi connectivity index (χ3v) is 5.36. The lowest BCUT2D eigenvalue weighted by Crippen LogP contribution is -2.33. The quantitative estimate of drug-likeness (QED) is 0.344. The van der Waals surface area contributed by atoms with E-state index in [-0.39, 0.29) is 0 Å². The highest BCUT2D eigenvalue weighted by Crippen LogP contribution is 2.40. The molecule has 0 spiro atoms. The van der Waals surface area contributed by atoms with E-state index in [2.05, 4.69) is 39.2 Å². The van der Waals surface area contributed by atoms with E-state index in [4.69, 9.17) is 16.3 Å². The summed E-state index contributed by atoms with van der Waals surface area (Å²) in [6.07, 6.45) is 5.26. The Hall–Kier alpha value is -1.83. The average Bonchev–Trinajstić information content (AvgIpc) is 3.44. The van der Waals surface area contributed by atoms with Gasteiger partial charge < -0.3 is 20.8 Å². The maximum Gasteiger partial charge on any atom is 0.223 e. The molecule has 26 heavy (non-hydrogen) atoms. The highest BCUT2D eigenvalue weighted by Gasteiger charge is 2.25. The summed E-state index contributed by atoms with van der Waals surface area (Å²) in [7, 11) is 1.90. The zero-order valence-corrected chi connectivity index (χ0v) is 16.8. The van der Waals surface area contributed by atoms with Crippen molar-refractivity contribution >= 4 is 27.3 Å². The summed E-state index contributed by atoms with van der Waals surface area (Å²) in [5, 5.41) is 4.88. The van der Waals surface area contributed by atoms with Crippen LogP contribution in [0.4, 0.5) is 11.4 Å². The fraction of sp³-hybridized carbons (Fsp3) is 0.421. The van der Waals surface area contributed by atoms with Gasteiger partial charge in [0, 0.05) is 24.8 Å². The van der Waals surface area contributed by atoms with E-state index in [0.717, 1.165) is 24.2 Å². The van der Waals surface area contributed by atoms with E-state index in [1.54, 1.807) is 5.01 Å². The maximum atomic E-state index is 6.30. The minimum Gasteiger partial charge on any atom is -0.437 e. The van der Waals surface area contributed by atoms with Crippen molar-refractivity contribution in [2.24, 2.45) is 11.8 Å². The van der Waals surface area contributed by atoms with Gasteiger partial charge in [-0.05, 0) is 71.9 Å². The van der Waals surface area contributed by atoms with Gasteiger partial charge in [-0.2, -0.15) is 0 Å². The number of hydrogen-bond donors (Lipinski definition) is 3. The van der Waals surface area contributed by atoms with E-state index >= 15 is 0 Å². The molecule has 0 radical (unpaired) electrons. The van der Waals surface area contributed by atoms with Crippen LogP contribution in [0.2, 0.25) is 0 Å². The average molecular weight is 420 g/mol. The summed E-state index contributed by atoms with van der Waals surface area (Å²) in [4.78, 5) is 4.48. The van der Waals surface area contributed by atoms with Crippen molar-refractivity contribution in [2.75, 3.05) is 24.3 Å². The Morgan fingerprint density at radius 1 is 1.38 bits per heavy atom. The molecule has 3 rings (SSSR count). The molecule has 0 saturated heterocycles. The van der Waals surface area contributed by atoms with E-state index in [9.17, 15) is 0 Å². The molecule has 0 atom stereocenters. The fourth-order valence-corrected chi connectivity index (χ4v) is 3.24. The van der Waals surface area contributed by atoms with Crippen molar-refractivity contribution in [3.8, 4) is 11.6 Å². The Balaban J connectivity index is 1.84. The van der Waals surface area contributed by atoms with Crippen molar-refractivity contribution in [1.82, 2.24) is 10.3 Å². The Morgan fingerprint density at radius 3 is 2.81 bits per heavy atom. The number of rotatable bonds is 8. The van der Waals surface area contributed by atoms with Gasteiger partial charge in [-0.25, -0.2) is 10.8 Å². The Morgan fingerprint density at radius 2 is 2.15 bits per heavy atom. The summed E-state index contributed by atoms with van der Waals surface area (Å²) in [6, 6.07) is 5.89.